The van der Waals surface area contributed by atoms with Crippen LogP contribution in [0.25, 0.3) is 0 Å². The highest BCUT2D eigenvalue weighted by Crippen LogP contribution is 2.23. The van der Waals surface area contributed by atoms with Gasteiger partial charge in [0, 0.05) is 18.3 Å². The molecule has 2 N–H and O–H groups in total. The van der Waals surface area contributed by atoms with Gasteiger partial charge in [-0.15, -0.1) is 5.10 Å². The van der Waals surface area contributed by atoms with Gasteiger partial charge in [-0.25, -0.2) is 4.98 Å². The molecule has 1 aromatic heterocycles. The van der Waals surface area contributed by atoms with E-state index in [1.165, 1.54) is 25.7 Å². The Morgan fingerprint density at radius 1 is 1.41 bits per heavy atom. The quantitative estimate of drug-likeness (QED) is 0.626. The second kappa shape index (κ2) is 6.40. The number of nitrogens with zero attached hydrogens (tertiary/aromatic N) is 2. The van der Waals surface area contributed by atoms with Gasteiger partial charge in [0.05, 0.1) is 0 Å². The van der Waals surface area contributed by atoms with Gasteiger partial charge in [-0.3, -0.25) is 5.10 Å². The Kier molecular flexibility index (Phi) is 4.86. The molecule has 0 aromatic carbocycles. The minimum absolute atomic E-state index is 0.721. The topological polar surface area (TPSA) is 53.6 Å². The van der Waals surface area contributed by atoms with Crippen LogP contribution in [0.3, 0.4) is 0 Å². The lowest BCUT2D eigenvalue weighted by atomic mass is 9.86. The third-order valence-electron chi connectivity index (χ3n) is 3.43. The van der Waals surface area contributed by atoms with Gasteiger partial charge >= 0.3 is 0 Å². The third-order valence-corrected chi connectivity index (χ3v) is 4.28. The maximum Gasteiger partial charge on any atom is 0.208 e. The molecule has 0 spiro atoms. The number of rotatable bonds is 5. The van der Waals surface area contributed by atoms with Gasteiger partial charge in [-0.05, 0) is 25.7 Å². The number of nitrogens with one attached hydrogen (secondary N) is 2. The van der Waals surface area contributed by atoms with Crippen LogP contribution in [-0.2, 0) is 0 Å². The second-order valence-corrected chi connectivity index (χ2v) is 5.94. The molecule has 1 saturated carbocycles. The van der Waals surface area contributed by atoms with Crippen molar-refractivity contribution in [3.63, 3.8) is 0 Å². The minimum atomic E-state index is 0.721. The van der Waals surface area contributed by atoms with Crippen molar-refractivity contribution in [3.8, 4) is 0 Å². The predicted octanol–water partition coefficient (Wildman–Crippen LogP) is 2.37. The van der Waals surface area contributed by atoms with Crippen LogP contribution in [0.15, 0.2) is 5.16 Å². The lowest BCUT2D eigenvalue weighted by molar-refractivity contribution is 0.285. The van der Waals surface area contributed by atoms with Crippen molar-refractivity contribution >= 4 is 11.8 Å². The van der Waals surface area contributed by atoms with Gasteiger partial charge in [-0.2, -0.15) is 0 Å². The van der Waals surface area contributed by atoms with E-state index < -0.39 is 0 Å². The zero-order valence-corrected chi connectivity index (χ0v) is 11.5. The first-order valence-corrected chi connectivity index (χ1v) is 7.49. The number of aromatic amines is 1. The highest BCUT2D eigenvalue weighted by atomic mass is 32.2. The van der Waals surface area contributed by atoms with E-state index in [4.69, 9.17) is 0 Å². The zero-order valence-electron chi connectivity index (χ0n) is 10.7. The van der Waals surface area contributed by atoms with E-state index in [-0.39, 0.29) is 0 Å². The van der Waals surface area contributed by atoms with E-state index in [2.05, 4.69) is 27.4 Å². The molecule has 1 aromatic rings. The molecule has 0 radical (unpaired) electrons. The smallest absolute Gasteiger partial charge is 0.208 e. The standard InChI is InChI=1S/C12H22N4S/c1-9-5-3-4-6-11(9)13-7-8-17-12-14-10(2)15-16-12/h9,11,13H,3-8H2,1-2H3,(H,14,15,16). The number of thioether (sulfide) groups is 1. The molecule has 1 fully saturated rings. The zero-order chi connectivity index (χ0) is 12.1. The van der Waals surface area contributed by atoms with E-state index in [1.54, 1.807) is 11.8 Å². The summed E-state index contributed by atoms with van der Waals surface area (Å²) in [5, 5.41) is 11.5. The average molecular weight is 254 g/mol. The Labute approximate surface area is 107 Å². The largest absolute Gasteiger partial charge is 0.313 e. The fraction of sp³-hybridized carbons (Fsp3) is 0.833. The molecule has 0 bridgehead atoms. The van der Waals surface area contributed by atoms with Crippen LogP contribution in [0, 0.1) is 12.8 Å². The van der Waals surface area contributed by atoms with E-state index >= 15 is 0 Å². The minimum Gasteiger partial charge on any atom is -0.313 e. The molecular weight excluding hydrogens is 232 g/mol. The first kappa shape index (κ1) is 12.9. The maximum atomic E-state index is 4.28. The molecule has 2 unspecified atom stereocenters. The van der Waals surface area contributed by atoms with Gasteiger partial charge in [0.25, 0.3) is 0 Å². The number of hydrogen-bond acceptors (Lipinski definition) is 4. The lowest BCUT2D eigenvalue weighted by Crippen LogP contribution is -2.38. The third kappa shape index (κ3) is 4.00. The molecule has 0 aliphatic heterocycles. The van der Waals surface area contributed by atoms with Gasteiger partial charge in [0.15, 0.2) is 0 Å². The average Bonchev–Trinajstić information content (AvgIpc) is 2.73. The summed E-state index contributed by atoms with van der Waals surface area (Å²) in [7, 11) is 0. The Bertz CT molecular complexity index is 339. The van der Waals surface area contributed by atoms with E-state index in [0.29, 0.717) is 0 Å². The second-order valence-electron chi connectivity index (χ2n) is 4.87. The molecule has 1 heterocycles. The van der Waals surface area contributed by atoms with Crippen molar-refractivity contribution in [2.75, 3.05) is 12.3 Å². The van der Waals surface area contributed by atoms with Crippen molar-refractivity contribution in [1.29, 1.82) is 0 Å². The summed E-state index contributed by atoms with van der Waals surface area (Å²) in [4.78, 5) is 4.28. The summed E-state index contributed by atoms with van der Waals surface area (Å²) in [6.45, 7) is 5.34. The fourth-order valence-electron chi connectivity index (χ4n) is 2.39. The molecule has 5 heteroatoms. The van der Waals surface area contributed by atoms with Crippen molar-refractivity contribution in [1.82, 2.24) is 20.5 Å². The van der Waals surface area contributed by atoms with Crippen LogP contribution in [-0.4, -0.2) is 33.5 Å². The molecule has 17 heavy (non-hydrogen) atoms. The number of H-pyrrole nitrogens is 1. The summed E-state index contributed by atoms with van der Waals surface area (Å²) in [5.74, 6) is 2.77. The summed E-state index contributed by atoms with van der Waals surface area (Å²) < 4.78 is 0. The van der Waals surface area contributed by atoms with Crippen LogP contribution in [0.5, 0.6) is 0 Å². The molecule has 2 rings (SSSR count). The summed E-state index contributed by atoms with van der Waals surface area (Å²) in [6, 6.07) is 0.721. The normalized spacial score (nSPS) is 25.1. The monoisotopic (exact) mass is 254 g/mol. The molecule has 4 nitrogen and oxygen atoms in total. The highest BCUT2D eigenvalue weighted by Gasteiger charge is 2.20. The van der Waals surface area contributed by atoms with Crippen molar-refractivity contribution in [2.45, 2.75) is 50.7 Å². The van der Waals surface area contributed by atoms with Crippen LogP contribution >= 0.6 is 11.8 Å². The Balaban J connectivity index is 1.62. The summed E-state index contributed by atoms with van der Waals surface area (Å²) in [5.41, 5.74) is 0. The van der Waals surface area contributed by atoms with Crippen LogP contribution in [0.1, 0.15) is 38.4 Å². The SMILES string of the molecule is Cc1nc(SCCNC2CCCCC2C)n[nH]1. The molecule has 1 aliphatic rings. The lowest BCUT2D eigenvalue weighted by Gasteiger charge is -2.29. The first-order chi connectivity index (χ1) is 8.25. The van der Waals surface area contributed by atoms with Crippen LogP contribution in [0.2, 0.25) is 0 Å². The molecule has 1 aliphatic carbocycles. The maximum absolute atomic E-state index is 4.28. The van der Waals surface area contributed by atoms with E-state index in [1.807, 2.05) is 6.92 Å². The first-order valence-electron chi connectivity index (χ1n) is 6.51. The van der Waals surface area contributed by atoms with Gasteiger partial charge in [0.2, 0.25) is 5.16 Å². The number of aryl methyl sites for hydroxylation is 1. The molecule has 0 saturated heterocycles. The summed E-state index contributed by atoms with van der Waals surface area (Å²) in [6.07, 6.45) is 5.51. The van der Waals surface area contributed by atoms with Gasteiger partial charge in [-0.1, -0.05) is 31.5 Å². The predicted molar refractivity (Wildman–Crippen MR) is 71.3 cm³/mol. The Hall–Kier alpha value is -0.550. The van der Waals surface area contributed by atoms with Crippen molar-refractivity contribution < 1.29 is 0 Å². The summed E-state index contributed by atoms with van der Waals surface area (Å²) >= 11 is 1.72. The molecule has 96 valence electrons. The number of aromatic nitrogens is 3. The van der Waals surface area contributed by atoms with E-state index in [9.17, 15) is 0 Å². The molecular formula is C12H22N4S. The van der Waals surface area contributed by atoms with E-state index in [0.717, 1.165) is 35.2 Å². The number of hydrogen-bond donors (Lipinski definition) is 2. The van der Waals surface area contributed by atoms with Gasteiger partial charge < -0.3 is 5.32 Å². The highest BCUT2D eigenvalue weighted by molar-refractivity contribution is 7.99. The molecule has 2 atom stereocenters. The van der Waals surface area contributed by atoms with Crippen LogP contribution < -0.4 is 5.32 Å². The van der Waals surface area contributed by atoms with Gasteiger partial charge in [0.1, 0.15) is 5.82 Å². The van der Waals surface area contributed by atoms with Crippen LogP contribution in [0.4, 0.5) is 0 Å². The fourth-order valence-corrected chi connectivity index (χ4v) is 3.11. The Morgan fingerprint density at radius 2 is 2.24 bits per heavy atom. The van der Waals surface area contributed by atoms with Crippen molar-refractivity contribution in [2.24, 2.45) is 5.92 Å². The van der Waals surface area contributed by atoms with Crippen molar-refractivity contribution in [3.05, 3.63) is 5.82 Å². The molecule has 0 amide bonds. The Morgan fingerprint density at radius 3 is 2.94 bits per heavy atom.